The third kappa shape index (κ3) is 3.07. The molecule has 0 saturated carbocycles. The number of hydroxylamine groups is 1. The molecule has 2 saturated heterocycles. The van der Waals surface area contributed by atoms with Gasteiger partial charge < -0.3 is 4.74 Å². The molecule has 6 nitrogen and oxygen atoms in total. The van der Waals surface area contributed by atoms with E-state index in [1.807, 2.05) is 61.5 Å². The number of anilines is 2. The van der Waals surface area contributed by atoms with Gasteiger partial charge in [0.15, 0.2) is 6.10 Å². The number of fused-ring (bicyclic) bond motifs is 1. The lowest BCUT2D eigenvalue weighted by Gasteiger charge is -2.29. The predicted molar refractivity (Wildman–Crippen MR) is 117 cm³/mol. The van der Waals surface area contributed by atoms with Gasteiger partial charge in [-0.1, -0.05) is 42.5 Å². The molecule has 0 aromatic heterocycles. The van der Waals surface area contributed by atoms with E-state index in [4.69, 9.17) is 9.57 Å². The first-order valence-corrected chi connectivity index (χ1v) is 10.2. The summed E-state index contributed by atoms with van der Waals surface area (Å²) < 4.78 is 5.19. The van der Waals surface area contributed by atoms with E-state index < -0.39 is 18.1 Å². The summed E-state index contributed by atoms with van der Waals surface area (Å²) in [5, 5.41) is 1.72. The number of imide groups is 1. The maximum atomic E-state index is 13.6. The van der Waals surface area contributed by atoms with Gasteiger partial charge in [-0.05, 0) is 54.4 Å². The van der Waals surface area contributed by atoms with E-state index in [9.17, 15) is 9.59 Å². The highest BCUT2D eigenvalue weighted by molar-refractivity contribution is 6.23. The van der Waals surface area contributed by atoms with Crippen molar-refractivity contribution in [3.63, 3.8) is 0 Å². The number of para-hydroxylation sites is 1. The number of rotatable bonds is 4. The molecule has 2 aliphatic heterocycles. The topological polar surface area (TPSA) is 59.1 Å². The first kappa shape index (κ1) is 19.3. The van der Waals surface area contributed by atoms with Crippen LogP contribution in [0.3, 0.4) is 0 Å². The van der Waals surface area contributed by atoms with Crippen molar-refractivity contribution in [2.24, 2.45) is 5.92 Å². The third-order valence-corrected chi connectivity index (χ3v) is 5.96. The molecule has 0 radical (unpaired) electrons. The highest BCUT2D eigenvalue weighted by Crippen LogP contribution is 2.48. The molecule has 0 spiro atoms. The second-order valence-corrected chi connectivity index (χ2v) is 7.72. The van der Waals surface area contributed by atoms with Crippen molar-refractivity contribution in [1.82, 2.24) is 0 Å². The average Bonchev–Trinajstić information content (AvgIpc) is 3.31. The van der Waals surface area contributed by atoms with E-state index in [1.165, 1.54) is 4.90 Å². The monoisotopic (exact) mass is 414 g/mol. The predicted octanol–water partition coefficient (Wildman–Crippen LogP) is 4.05. The zero-order chi connectivity index (χ0) is 21.5. The number of aryl methyl sites for hydroxylation is 1. The summed E-state index contributed by atoms with van der Waals surface area (Å²) in [6, 6.07) is 24.0. The Morgan fingerprint density at radius 3 is 2.16 bits per heavy atom. The molecular weight excluding hydrogens is 392 g/mol. The average molecular weight is 414 g/mol. The number of carbonyl (C=O) groups is 2. The van der Waals surface area contributed by atoms with Crippen molar-refractivity contribution < 1.29 is 19.2 Å². The van der Waals surface area contributed by atoms with Gasteiger partial charge in [0.25, 0.3) is 5.91 Å². The van der Waals surface area contributed by atoms with E-state index in [-0.39, 0.29) is 11.8 Å². The molecule has 2 heterocycles. The number of hydrogen-bond acceptors (Lipinski definition) is 5. The Bertz CT molecular complexity index is 1130. The van der Waals surface area contributed by atoms with Crippen LogP contribution in [-0.2, 0) is 14.4 Å². The lowest BCUT2D eigenvalue weighted by atomic mass is 9.88. The minimum atomic E-state index is -0.876. The number of methoxy groups -OCH3 is 1. The van der Waals surface area contributed by atoms with Gasteiger partial charge in [0, 0.05) is 0 Å². The molecule has 2 fully saturated rings. The molecule has 0 N–H and O–H groups in total. The molecule has 6 heteroatoms. The van der Waals surface area contributed by atoms with E-state index in [1.54, 1.807) is 36.4 Å². The van der Waals surface area contributed by atoms with Crippen LogP contribution in [0.1, 0.15) is 17.2 Å². The molecule has 3 atom stereocenters. The zero-order valence-corrected chi connectivity index (χ0v) is 17.3. The fourth-order valence-corrected chi connectivity index (χ4v) is 4.43. The van der Waals surface area contributed by atoms with Crippen LogP contribution in [0, 0.1) is 12.8 Å². The second kappa shape index (κ2) is 7.56. The molecule has 2 aliphatic rings. The summed E-state index contributed by atoms with van der Waals surface area (Å²) in [5.41, 5.74) is 3.34. The van der Waals surface area contributed by atoms with Crippen molar-refractivity contribution in [3.8, 4) is 5.75 Å². The Hall–Kier alpha value is -3.64. The Balaban J connectivity index is 1.58. The minimum Gasteiger partial charge on any atom is -0.497 e. The van der Waals surface area contributed by atoms with Crippen molar-refractivity contribution in [1.29, 1.82) is 0 Å². The van der Waals surface area contributed by atoms with Crippen molar-refractivity contribution >= 4 is 23.2 Å². The van der Waals surface area contributed by atoms with Crippen LogP contribution >= 0.6 is 0 Å². The van der Waals surface area contributed by atoms with Gasteiger partial charge >= 0.3 is 0 Å². The first-order chi connectivity index (χ1) is 15.1. The van der Waals surface area contributed by atoms with Gasteiger partial charge in [-0.2, -0.15) is 0 Å². The van der Waals surface area contributed by atoms with E-state index in [2.05, 4.69) is 0 Å². The van der Waals surface area contributed by atoms with E-state index in [0.717, 1.165) is 16.8 Å². The molecule has 0 aliphatic carbocycles. The highest BCUT2D eigenvalue weighted by Gasteiger charge is 2.60. The molecule has 3 aromatic rings. The van der Waals surface area contributed by atoms with Gasteiger partial charge in [-0.25, -0.2) is 9.96 Å². The Morgan fingerprint density at radius 2 is 1.48 bits per heavy atom. The number of benzene rings is 3. The van der Waals surface area contributed by atoms with E-state index in [0.29, 0.717) is 11.4 Å². The van der Waals surface area contributed by atoms with Gasteiger partial charge in [0.1, 0.15) is 11.7 Å². The van der Waals surface area contributed by atoms with Gasteiger partial charge in [0.05, 0.1) is 24.5 Å². The van der Waals surface area contributed by atoms with Gasteiger partial charge in [-0.3, -0.25) is 14.4 Å². The molecular formula is C25H22N2O4. The highest BCUT2D eigenvalue weighted by atomic mass is 16.7. The SMILES string of the molecule is COc1ccc(N2C(=O)[C@H]3[C@H](ON(c4ccccc4)[C@@H]3c3ccccc3C)C2=O)cc1. The van der Waals surface area contributed by atoms with Gasteiger partial charge in [0.2, 0.25) is 5.91 Å². The number of amides is 2. The lowest BCUT2D eigenvalue weighted by Crippen LogP contribution is -2.37. The van der Waals surface area contributed by atoms with Crippen LogP contribution in [0.15, 0.2) is 78.9 Å². The van der Waals surface area contributed by atoms with Crippen LogP contribution in [0.25, 0.3) is 0 Å². The third-order valence-electron chi connectivity index (χ3n) is 5.96. The van der Waals surface area contributed by atoms with Crippen molar-refractivity contribution in [2.45, 2.75) is 19.1 Å². The Kier molecular flexibility index (Phi) is 4.71. The van der Waals surface area contributed by atoms with Crippen molar-refractivity contribution in [3.05, 3.63) is 90.0 Å². The standard InChI is InChI=1S/C25H22N2O4/c1-16-8-6-7-11-20(16)22-21-23(31-27(22)18-9-4-3-5-10-18)25(29)26(24(21)28)17-12-14-19(30-2)15-13-17/h3-15,21-23H,1-2H3/t21-,22-,23+/m1/s1. The molecule has 0 bridgehead atoms. The van der Waals surface area contributed by atoms with E-state index >= 15 is 0 Å². The molecule has 2 amide bonds. The Morgan fingerprint density at radius 1 is 0.806 bits per heavy atom. The summed E-state index contributed by atoms with van der Waals surface area (Å²) in [6.07, 6.45) is -0.876. The van der Waals surface area contributed by atoms with Gasteiger partial charge in [-0.15, -0.1) is 0 Å². The lowest BCUT2D eigenvalue weighted by molar-refractivity contribution is -0.126. The summed E-state index contributed by atoms with van der Waals surface area (Å²) in [7, 11) is 1.57. The van der Waals surface area contributed by atoms with Crippen LogP contribution in [0.4, 0.5) is 11.4 Å². The zero-order valence-electron chi connectivity index (χ0n) is 17.3. The van der Waals surface area contributed by atoms with Crippen LogP contribution in [-0.4, -0.2) is 25.0 Å². The van der Waals surface area contributed by atoms with Crippen molar-refractivity contribution in [2.75, 3.05) is 17.1 Å². The van der Waals surface area contributed by atoms with Crippen LogP contribution < -0.4 is 14.7 Å². The summed E-state index contributed by atoms with van der Waals surface area (Å²) in [4.78, 5) is 34.3. The summed E-state index contributed by atoms with van der Waals surface area (Å²) in [6.45, 7) is 2.01. The quantitative estimate of drug-likeness (QED) is 0.603. The smallest absolute Gasteiger partial charge is 0.266 e. The maximum absolute atomic E-state index is 13.6. The van der Waals surface area contributed by atoms with Crippen LogP contribution in [0.5, 0.6) is 5.75 Å². The van der Waals surface area contributed by atoms with Crippen LogP contribution in [0.2, 0.25) is 0 Å². The normalized spacial score (nSPS) is 22.7. The summed E-state index contributed by atoms with van der Waals surface area (Å²) >= 11 is 0. The number of carbonyl (C=O) groups excluding carboxylic acids is 2. The second-order valence-electron chi connectivity index (χ2n) is 7.72. The largest absolute Gasteiger partial charge is 0.497 e. The molecule has 0 unspecified atom stereocenters. The first-order valence-electron chi connectivity index (χ1n) is 10.2. The molecule has 5 rings (SSSR count). The Labute approximate surface area is 180 Å². The fourth-order valence-electron chi connectivity index (χ4n) is 4.43. The minimum absolute atomic E-state index is 0.258. The fraction of sp³-hybridized carbons (Fsp3) is 0.200. The summed E-state index contributed by atoms with van der Waals surface area (Å²) in [5.74, 6) is -0.590. The number of nitrogens with zero attached hydrogens (tertiary/aromatic N) is 2. The molecule has 156 valence electrons. The molecule has 3 aromatic carbocycles. The number of ether oxygens (including phenoxy) is 1. The molecule has 31 heavy (non-hydrogen) atoms. The maximum Gasteiger partial charge on any atom is 0.266 e. The number of hydrogen-bond donors (Lipinski definition) is 0.